The molecule has 0 saturated heterocycles. The Morgan fingerprint density at radius 1 is 1.20 bits per heavy atom. The van der Waals surface area contributed by atoms with Crippen LogP contribution in [0.5, 0.6) is 0 Å². The zero-order chi connectivity index (χ0) is 18.2. The van der Waals surface area contributed by atoms with E-state index in [1.165, 1.54) is 19.2 Å². The highest BCUT2D eigenvalue weighted by Gasteiger charge is 2.73. The number of hydrogen-bond acceptors (Lipinski definition) is 4. The summed E-state index contributed by atoms with van der Waals surface area (Å²) in [6.07, 6.45) is 0. The lowest BCUT2D eigenvalue weighted by Gasteiger charge is -2.16. The molecule has 0 radical (unpaired) electrons. The topological polar surface area (TPSA) is 69.4 Å². The number of methoxy groups -OCH3 is 1. The molecule has 132 valence electrons. The summed E-state index contributed by atoms with van der Waals surface area (Å²) in [5.41, 5.74) is 5.97. The predicted molar refractivity (Wildman–Crippen MR) is 103 cm³/mol. The normalized spacial score (nSPS) is 25.5. The smallest absolute Gasteiger partial charge is 0.182 e. The summed E-state index contributed by atoms with van der Waals surface area (Å²) in [5, 5.41) is -0.284. The maximum atomic E-state index is 13.3. The Bertz CT molecular complexity index is 884. The van der Waals surface area contributed by atoms with Gasteiger partial charge in [-0.1, -0.05) is 54.2 Å². The van der Waals surface area contributed by atoms with E-state index in [0.29, 0.717) is 5.02 Å². The lowest BCUT2D eigenvalue weighted by Crippen LogP contribution is -2.33. The molecule has 0 bridgehead atoms. The van der Waals surface area contributed by atoms with E-state index in [1.807, 2.05) is 30.3 Å². The minimum absolute atomic E-state index is 0.152. The lowest BCUT2D eigenvalue weighted by atomic mass is 10.00. The van der Waals surface area contributed by atoms with Crippen LogP contribution in [-0.2, 0) is 14.6 Å². The van der Waals surface area contributed by atoms with Crippen molar-refractivity contribution >= 4 is 38.6 Å². The number of benzene rings is 2. The summed E-state index contributed by atoms with van der Waals surface area (Å²) in [6.45, 7) is 0.152. The molecule has 7 heteroatoms. The molecule has 0 aliphatic heterocycles. The Labute approximate surface area is 157 Å². The van der Waals surface area contributed by atoms with Crippen molar-refractivity contribution in [3.05, 3.63) is 65.2 Å². The van der Waals surface area contributed by atoms with Gasteiger partial charge in [-0.2, -0.15) is 0 Å². The average Bonchev–Trinajstić information content (AvgIpc) is 3.27. The number of thiocarbonyl (C=S) groups is 1. The van der Waals surface area contributed by atoms with Crippen LogP contribution in [0.25, 0.3) is 0 Å². The van der Waals surface area contributed by atoms with Gasteiger partial charge < -0.3 is 10.5 Å². The highest BCUT2D eigenvalue weighted by Crippen LogP contribution is 2.64. The molecule has 0 aromatic heterocycles. The molecule has 0 unspecified atom stereocenters. The summed E-state index contributed by atoms with van der Waals surface area (Å²) in [4.78, 5) is 0.364. The van der Waals surface area contributed by atoms with Gasteiger partial charge >= 0.3 is 0 Å². The van der Waals surface area contributed by atoms with E-state index in [-0.39, 0.29) is 22.4 Å². The van der Waals surface area contributed by atoms with Crippen LogP contribution < -0.4 is 5.73 Å². The van der Waals surface area contributed by atoms with Gasteiger partial charge in [0.2, 0.25) is 0 Å². The lowest BCUT2D eigenvalue weighted by molar-refractivity contribution is 0.166. The molecule has 0 heterocycles. The number of rotatable bonds is 6. The van der Waals surface area contributed by atoms with Gasteiger partial charge in [-0.25, -0.2) is 8.42 Å². The van der Waals surface area contributed by atoms with Crippen LogP contribution in [0, 0.1) is 5.41 Å². The quantitative estimate of drug-likeness (QED) is 0.760. The van der Waals surface area contributed by atoms with Crippen LogP contribution in [0.15, 0.2) is 59.5 Å². The Kier molecular flexibility index (Phi) is 4.90. The maximum Gasteiger partial charge on any atom is 0.182 e. The van der Waals surface area contributed by atoms with Crippen molar-refractivity contribution in [2.45, 2.75) is 16.1 Å². The van der Waals surface area contributed by atoms with Crippen molar-refractivity contribution in [1.29, 1.82) is 0 Å². The van der Waals surface area contributed by atoms with E-state index in [2.05, 4.69) is 0 Å². The molecule has 1 aliphatic carbocycles. The zero-order valence-corrected chi connectivity index (χ0v) is 15.9. The molecule has 25 heavy (non-hydrogen) atoms. The standard InChI is InChI=1S/C18H18ClNO3S2/c1-23-11-18(17(20)24)15(12-5-3-2-4-6-12)16(18)25(21,22)14-9-7-13(19)8-10-14/h2-10,15-16H,11H2,1H3,(H2,20,24)/t15-,16-,18+/m0/s1. The van der Waals surface area contributed by atoms with Crippen LogP contribution in [0.1, 0.15) is 11.5 Å². The third-order valence-corrected chi connectivity index (χ3v) is 7.66. The molecule has 2 N–H and O–H groups in total. The molecule has 2 aromatic carbocycles. The second kappa shape index (κ2) is 6.68. The Morgan fingerprint density at radius 3 is 2.32 bits per heavy atom. The summed E-state index contributed by atoms with van der Waals surface area (Å²) >= 11 is 11.1. The molecular weight excluding hydrogens is 378 g/mol. The molecule has 0 amide bonds. The number of nitrogens with two attached hydrogens (primary N) is 1. The third-order valence-electron chi connectivity index (χ3n) is 4.73. The highest BCUT2D eigenvalue weighted by atomic mass is 35.5. The van der Waals surface area contributed by atoms with Crippen LogP contribution in [0.4, 0.5) is 0 Å². The molecule has 3 atom stereocenters. The van der Waals surface area contributed by atoms with Crippen molar-refractivity contribution in [3.8, 4) is 0 Å². The second-order valence-corrected chi connectivity index (χ2v) is 9.09. The van der Waals surface area contributed by atoms with Gasteiger partial charge in [-0.15, -0.1) is 0 Å². The van der Waals surface area contributed by atoms with E-state index in [9.17, 15) is 8.42 Å². The molecule has 1 saturated carbocycles. The molecule has 3 rings (SSSR count). The Morgan fingerprint density at radius 2 is 1.80 bits per heavy atom. The molecule has 1 fully saturated rings. The number of ether oxygens (including phenoxy) is 1. The van der Waals surface area contributed by atoms with Crippen molar-refractivity contribution in [2.75, 3.05) is 13.7 Å². The third kappa shape index (κ3) is 2.97. The first kappa shape index (κ1) is 18.3. The first-order valence-electron chi connectivity index (χ1n) is 7.69. The Hall–Kier alpha value is -1.47. The van der Waals surface area contributed by atoms with Crippen LogP contribution in [-0.4, -0.2) is 32.4 Å². The minimum Gasteiger partial charge on any atom is -0.393 e. The minimum atomic E-state index is -3.66. The first-order valence-corrected chi connectivity index (χ1v) is 10.0. The number of sulfone groups is 1. The van der Waals surface area contributed by atoms with E-state index in [1.54, 1.807) is 12.1 Å². The van der Waals surface area contributed by atoms with Gasteiger partial charge in [0.15, 0.2) is 9.84 Å². The summed E-state index contributed by atoms with van der Waals surface area (Å²) in [7, 11) is -2.14. The first-order chi connectivity index (χ1) is 11.9. The van der Waals surface area contributed by atoms with E-state index < -0.39 is 20.5 Å². The van der Waals surface area contributed by atoms with Gasteiger partial charge in [0.1, 0.15) is 0 Å². The van der Waals surface area contributed by atoms with Crippen molar-refractivity contribution < 1.29 is 13.2 Å². The van der Waals surface area contributed by atoms with Gasteiger partial charge in [-0.3, -0.25) is 0 Å². The van der Waals surface area contributed by atoms with Crippen LogP contribution >= 0.6 is 23.8 Å². The molecule has 2 aromatic rings. The van der Waals surface area contributed by atoms with Gasteiger partial charge in [0.05, 0.1) is 27.2 Å². The monoisotopic (exact) mass is 395 g/mol. The Balaban J connectivity index is 2.11. The fourth-order valence-electron chi connectivity index (χ4n) is 3.54. The molecule has 4 nitrogen and oxygen atoms in total. The fraction of sp³-hybridized carbons (Fsp3) is 0.278. The van der Waals surface area contributed by atoms with Gasteiger partial charge in [0.25, 0.3) is 0 Å². The molecule has 0 spiro atoms. The fourth-order valence-corrected chi connectivity index (χ4v) is 6.44. The zero-order valence-electron chi connectivity index (χ0n) is 13.6. The van der Waals surface area contributed by atoms with E-state index in [0.717, 1.165) is 5.56 Å². The number of hydrogen-bond donors (Lipinski definition) is 1. The predicted octanol–water partition coefficient (Wildman–Crippen LogP) is 3.20. The van der Waals surface area contributed by atoms with Crippen LogP contribution in [0.2, 0.25) is 5.02 Å². The average molecular weight is 396 g/mol. The SMILES string of the molecule is COC[C@@]1(C(N)=S)[C@@H](c2ccccc2)[C@@H]1S(=O)(=O)c1ccc(Cl)cc1. The highest BCUT2D eigenvalue weighted by molar-refractivity contribution is 7.92. The second-order valence-electron chi connectivity index (χ2n) is 6.15. The molecule has 1 aliphatic rings. The maximum absolute atomic E-state index is 13.3. The van der Waals surface area contributed by atoms with E-state index >= 15 is 0 Å². The number of halogens is 1. The molecular formula is C18H18ClNO3S2. The van der Waals surface area contributed by atoms with E-state index in [4.69, 9.17) is 34.3 Å². The van der Waals surface area contributed by atoms with Crippen LogP contribution in [0.3, 0.4) is 0 Å². The largest absolute Gasteiger partial charge is 0.393 e. The van der Waals surface area contributed by atoms with Crippen molar-refractivity contribution in [1.82, 2.24) is 0 Å². The van der Waals surface area contributed by atoms with Crippen molar-refractivity contribution in [2.24, 2.45) is 11.1 Å². The van der Waals surface area contributed by atoms with Gasteiger partial charge in [0, 0.05) is 18.1 Å². The summed E-state index contributed by atoms with van der Waals surface area (Å²) in [6, 6.07) is 15.6. The van der Waals surface area contributed by atoms with Gasteiger partial charge in [-0.05, 0) is 29.8 Å². The van der Waals surface area contributed by atoms with Crippen molar-refractivity contribution in [3.63, 3.8) is 0 Å². The summed E-state index contributed by atoms with van der Waals surface area (Å²) < 4.78 is 31.9. The summed E-state index contributed by atoms with van der Waals surface area (Å²) in [5.74, 6) is -0.341.